The number of fused-ring (bicyclic) bond motifs is 1. The highest BCUT2D eigenvalue weighted by molar-refractivity contribution is 6.33. The van der Waals surface area contributed by atoms with Crippen molar-refractivity contribution >= 4 is 11.6 Å². The molecular formula is C15H7ClF2N2O2. The standard InChI is InChI=1S/C15H7ClF2N2O2/c16-12-8(18)5-4-7(17)10(12)11-13-15(14(11)22-20-13)21-9-3-1-2-6-19-9/h1-6,15H. The summed E-state index contributed by atoms with van der Waals surface area (Å²) < 4.78 is 38.2. The molecule has 1 atom stereocenters. The molecule has 2 aromatic heterocycles. The van der Waals surface area contributed by atoms with Gasteiger partial charge >= 0.3 is 0 Å². The number of benzene rings is 1. The van der Waals surface area contributed by atoms with Crippen LogP contribution in [0.5, 0.6) is 5.88 Å². The van der Waals surface area contributed by atoms with Crippen LogP contribution >= 0.6 is 11.6 Å². The van der Waals surface area contributed by atoms with E-state index in [1.54, 1.807) is 24.4 Å². The number of ether oxygens (including phenoxy) is 1. The van der Waals surface area contributed by atoms with Crippen molar-refractivity contribution in [2.24, 2.45) is 0 Å². The Labute approximate surface area is 128 Å². The van der Waals surface area contributed by atoms with Crippen molar-refractivity contribution < 1.29 is 18.0 Å². The van der Waals surface area contributed by atoms with Crippen molar-refractivity contribution in [1.29, 1.82) is 0 Å². The maximum Gasteiger partial charge on any atom is 0.214 e. The zero-order valence-corrected chi connectivity index (χ0v) is 11.6. The van der Waals surface area contributed by atoms with Gasteiger partial charge in [0.25, 0.3) is 0 Å². The molecule has 7 heteroatoms. The molecule has 0 saturated heterocycles. The van der Waals surface area contributed by atoms with Crippen molar-refractivity contribution in [3.63, 3.8) is 0 Å². The van der Waals surface area contributed by atoms with Crippen molar-refractivity contribution in [2.75, 3.05) is 0 Å². The number of aromatic nitrogens is 2. The van der Waals surface area contributed by atoms with Gasteiger partial charge in [-0.1, -0.05) is 22.8 Å². The van der Waals surface area contributed by atoms with Crippen LogP contribution in [0, 0.1) is 11.6 Å². The molecule has 0 radical (unpaired) electrons. The summed E-state index contributed by atoms with van der Waals surface area (Å²) in [5.74, 6) is -0.672. The van der Waals surface area contributed by atoms with E-state index >= 15 is 0 Å². The fourth-order valence-electron chi connectivity index (χ4n) is 2.37. The fraction of sp³-hybridized carbons (Fsp3) is 0.0667. The van der Waals surface area contributed by atoms with E-state index in [4.69, 9.17) is 20.9 Å². The topological polar surface area (TPSA) is 48.2 Å². The Balaban J connectivity index is 1.71. The lowest BCUT2D eigenvalue weighted by atomic mass is 9.88. The van der Waals surface area contributed by atoms with Gasteiger partial charge in [0.15, 0.2) is 5.76 Å². The van der Waals surface area contributed by atoms with Gasteiger partial charge < -0.3 is 9.26 Å². The van der Waals surface area contributed by atoms with Gasteiger partial charge in [0.1, 0.15) is 17.3 Å². The van der Waals surface area contributed by atoms with Gasteiger partial charge in [0.2, 0.25) is 12.0 Å². The van der Waals surface area contributed by atoms with Gasteiger partial charge in [0.05, 0.1) is 10.6 Å². The number of hydrogen-bond donors (Lipinski definition) is 0. The smallest absolute Gasteiger partial charge is 0.214 e. The third kappa shape index (κ3) is 1.80. The van der Waals surface area contributed by atoms with Crippen molar-refractivity contribution in [1.82, 2.24) is 10.1 Å². The zero-order chi connectivity index (χ0) is 15.3. The van der Waals surface area contributed by atoms with Crippen molar-refractivity contribution in [2.45, 2.75) is 6.10 Å². The van der Waals surface area contributed by atoms with E-state index in [9.17, 15) is 8.78 Å². The van der Waals surface area contributed by atoms with Gasteiger partial charge in [-0.3, -0.25) is 0 Å². The lowest BCUT2D eigenvalue weighted by molar-refractivity contribution is 0.211. The van der Waals surface area contributed by atoms with E-state index in [1.807, 2.05) is 0 Å². The molecule has 0 spiro atoms. The first-order valence-corrected chi connectivity index (χ1v) is 6.75. The van der Waals surface area contributed by atoms with Crippen LogP contribution in [0.15, 0.2) is 41.1 Å². The van der Waals surface area contributed by atoms with Crippen LogP contribution in [0.3, 0.4) is 0 Å². The number of rotatable bonds is 3. The molecule has 1 aromatic carbocycles. The molecule has 0 fully saturated rings. The molecule has 5 rings (SSSR count). The second kappa shape index (κ2) is 4.78. The molecule has 2 bridgehead atoms. The normalized spacial score (nSPS) is 15.5. The quantitative estimate of drug-likeness (QED) is 0.680. The third-order valence-corrected chi connectivity index (χ3v) is 3.77. The Hall–Kier alpha value is -2.47. The Morgan fingerprint density at radius 3 is 2.59 bits per heavy atom. The predicted octanol–water partition coefficient (Wildman–Crippen LogP) is 4.15. The summed E-state index contributed by atoms with van der Waals surface area (Å²) in [6.45, 7) is 0. The fourth-order valence-corrected chi connectivity index (χ4v) is 2.62. The van der Waals surface area contributed by atoms with E-state index in [0.29, 0.717) is 22.9 Å². The van der Waals surface area contributed by atoms with E-state index < -0.39 is 17.7 Å². The number of nitrogens with zero attached hydrogens (tertiary/aromatic N) is 2. The van der Waals surface area contributed by atoms with Crippen LogP contribution in [0.1, 0.15) is 17.6 Å². The summed E-state index contributed by atoms with van der Waals surface area (Å²) in [6.07, 6.45) is 1.00. The molecule has 0 saturated carbocycles. The molecule has 2 aliphatic rings. The minimum absolute atomic E-state index is 0.0613. The maximum atomic E-state index is 14.0. The van der Waals surface area contributed by atoms with Crippen molar-refractivity contribution in [3.8, 4) is 17.0 Å². The average Bonchev–Trinajstić information content (AvgIpc) is 3.13. The van der Waals surface area contributed by atoms with Crippen LogP contribution in [0.2, 0.25) is 5.02 Å². The first-order valence-electron chi connectivity index (χ1n) is 6.38. The molecule has 1 aliphatic heterocycles. The molecular weight excluding hydrogens is 314 g/mol. The number of hydrogen-bond acceptors (Lipinski definition) is 4. The monoisotopic (exact) mass is 320 g/mol. The number of pyridine rings is 1. The Bertz CT molecular complexity index is 846. The third-order valence-electron chi connectivity index (χ3n) is 3.40. The highest BCUT2D eigenvalue weighted by atomic mass is 35.5. The van der Waals surface area contributed by atoms with E-state index in [2.05, 4.69) is 10.1 Å². The number of halogens is 3. The van der Waals surface area contributed by atoms with Gasteiger partial charge in [-0.15, -0.1) is 0 Å². The maximum absolute atomic E-state index is 14.0. The van der Waals surface area contributed by atoms with E-state index in [-0.39, 0.29) is 10.6 Å². The Morgan fingerprint density at radius 1 is 1.09 bits per heavy atom. The summed E-state index contributed by atoms with van der Waals surface area (Å²) >= 11 is 5.86. The van der Waals surface area contributed by atoms with Crippen LogP contribution in [-0.4, -0.2) is 10.1 Å². The lowest BCUT2D eigenvalue weighted by Crippen LogP contribution is -2.18. The first-order chi connectivity index (χ1) is 10.7. The summed E-state index contributed by atoms with van der Waals surface area (Å²) in [7, 11) is 0. The summed E-state index contributed by atoms with van der Waals surface area (Å²) in [5, 5.41) is 3.50. The highest BCUT2D eigenvalue weighted by Crippen LogP contribution is 2.50. The summed E-state index contributed by atoms with van der Waals surface area (Å²) in [5.41, 5.74) is 0.642. The SMILES string of the molecule is Fc1ccc(F)c(-c2c3noc2C3Oc2ccccn2)c1Cl. The Morgan fingerprint density at radius 2 is 1.91 bits per heavy atom. The second-order valence-corrected chi connectivity index (χ2v) is 5.07. The van der Waals surface area contributed by atoms with Crippen LogP contribution in [0.25, 0.3) is 11.1 Å². The first kappa shape index (κ1) is 13.2. The molecule has 0 N–H and O–H groups in total. The van der Waals surface area contributed by atoms with Crippen molar-refractivity contribution in [3.05, 3.63) is 64.6 Å². The molecule has 1 unspecified atom stereocenters. The predicted molar refractivity (Wildman–Crippen MR) is 73.6 cm³/mol. The zero-order valence-electron chi connectivity index (χ0n) is 10.9. The molecule has 22 heavy (non-hydrogen) atoms. The molecule has 3 heterocycles. The molecule has 0 amide bonds. The summed E-state index contributed by atoms with van der Waals surface area (Å²) in [6, 6.07) is 7.18. The minimum atomic E-state index is -0.708. The largest absolute Gasteiger partial charge is 0.459 e. The van der Waals surface area contributed by atoms with Crippen LogP contribution in [0.4, 0.5) is 8.78 Å². The van der Waals surface area contributed by atoms with Gasteiger partial charge in [0, 0.05) is 17.8 Å². The van der Waals surface area contributed by atoms with E-state index in [1.165, 1.54) is 0 Å². The molecule has 3 aromatic rings. The second-order valence-electron chi connectivity index (χ2n) is 4.69. The highest BCUT2D eigenvalue weighted by Gasteiger charge is 2.44. The summed E-state index contributed by atoms with van der Waals surface area (Å²) in [4.78, 5) is 4.03. The van der Waals surface area contributed by atoms with E-state index in [0.717, 1.165) is 12.1 Å². The van der Waals surface area contributed by atoms with Gasteiger partial charge in [-0.25, -0.2) is 13.8 Å². The average molecular weight is 321 g/mol. The van der Waals surface area contributed by atoms with Gasteiger partial charge in [-0.2, -0.15) is 0 Å². The molecule has 1 aliphatic carbocycles. The molecule has 110 valence electrons. The Kier molecular flexibility index (Phi) is 2.87. The van der Waals surface area contributed by atoms with Crippen LogP contribution < -0.4 is 4.74 Å². The molecule has 4 nitrogen and oxygen atoms in total. The van der Waals surface area contributed by atoms with Gasteiger partial charge in [-0.05, 0) is 18.2 Å². The van der Waals surface area contributed by atoms with Crippen LogP contribution in [-0.2, 0) is 0 Å². The lowest BCUT2D eigenvalue weighted by Gasteiger charge is -2.22. The minimum Gasteiger partial charge on any atom is -0.459 e.